The molecule has 0 saturated carbocycles. The third-order valence-electron chi connectivity index (χ3n) is 2.02. The minimum Gasteiger partial charge on any atom is -0.490 e. The predicted molar refractivity (Wildman–Crippen MR) is 64.4 cm³/mol. The van der Waals surface area contributed by atoms with E-state index >= 15 is 0 Å². The van der Waals surface area contributed by atoms with E-state index in [1.54, 1.807) is 6.92 Å². The van der Waals surface area contributed by atoms with Crippen LogP contribution in [0, 0.1) is 11.8 Å². The molecule has 16 heavy (non-hydrogen) atoms. The van der Waals surface area contributed by atoms with Crippen LogP contribution < -0.4 is 15.2 Å². The number of hydrogen-bond donors (Lipinski definition) is 1. The van der Waals surface area contributed by atoms with Gasteiger partial charge in [-0.3, -0.25) is 0 Å². The van der Waals surface area contributed by atoms with Crippen LogP contribution in [0.3, 0.4) is 0 Å². The molecule has 0 saturated heterocycles. The zero-order chi connectivity index (χ0) is 11.8. The molecule has 1 rings (SSSR count). The Morgan fingerprint density at radius 2 is 2.06 bits per heavy atom. The van der Waals surface area contributed by atoms with Gasteiger partial charge in [0.1, 0.15) is 6.61 Å². The molecule has 0 aromatic heterocycles. The molecular formula is C13H17NO2. The Kier molecular flexibility index (Phi) is 5.24. The zero-order valence-electron chi connectivity index (χ0n) is 9.75. The van der Waals surface area contributed by atoms with Gasteiger partial charge in [-0.25, -0.2) is 0 Å². The average Bonchev–Trinajstić information content (AvgIpc) is 2.31. The Morgan fingerprint density at radius 1 is 1.25 bits per heavy atom. The van der Waals surface area contributed by atoms with Gasteiger partial charge in [0.05, 0.1) is 6.61 Å². The molecule has 3 nitrogen and oxygen atoms in total. The second kappa shape index (κ2) is 6.76. The van der Waals surface area contributed by atoms with Gasteiger partial charge in [0, 0.05) is 6.54 Å². The van der Waals surface area contributed by atoms with Gasteiger partial charge < -0.3 is 15.2 Å². The van der Waals surface area contributed by atoms with E-state index < -0.39 is 0 Å². The fraction of sp³-hybridized carbons (Fsp3) is 0.385. The first kappa shape index (κ1) is 12.4. The van der Waals surface area contributed by atoms with Gasteiger partial charge in [-0.05, 0) is 31.5 Å². The van der Waals surface area contributed by atoms with Crippen LogP contribution in [0.5, 0.6) is 11.5 Å². The van der Waals surface area contributed by atoms with E-state index in [9.17, 15) is 0 Å². The van der Waals surface area contributed by atoms with Crippen molar-refractivity contribution in [3.63, 3.8) is 0 Å². The Hall–Kier alpha value is -1.66. The molecule has 2 N–H and O–H groups in total. The van der Waals surface area contributed by atoms with Crippen LogP contribution in [-0.2, 0) is 6.54 Å². The Bertz CT molecular complexity index is 391. The smallest absolute Gasteiger partial charge is 0.162 e. The molecular weight excluding hydrogens is 202 g/mol. The summed E-state index contributed by atoms with van der Waals surface area (Å²) < 4.78 is 11.0. The van der Waals surface area contributed by atoms with Crippen LogP contribution in [0.4, 0.5) is 0 Å². The maximum atomic E-state index is 5.57. The first-order valence-electron chi connectivity index (χ1n) is 5.30. The maximum Gasteiger partial charge on any atom is 0.162 e. The van der Waals surface area contributed by atoms with Gasteiger partial charge in [0.15, 0.2) is 11.5 Å². The summed E-state index contributed by atoms with van der Waals surface area (Å²) >= 11 is 0. The highest BCUT2D eigenvalue weighted by atomic mass is 16.5. The van der Waals surface area contributed by atoms with Crippen molar-refractivity contribution in [2.24, 2.45) is 5.73 Å². The molecule has 3 heteroatoms. The van der Waals surface area contributed by atoms with Crippen LogP contribution >= 0.6 is 0 Å². The van der Waals surface area contributed by atoms with Crippen LogP contribution in [-0.4, -0.2) is 13.2 Å². The van der Waals surface area contributed by atoms with Gasteiger partial charge in [0.2, 0.25) is 0 Å². The lowest BCUT2D eigenvalue weighted by Crippen LogP contribution is -2.02. The molecule has 0 spiro atoms. The number of hydrogen-bond acceptors (Lipinski definition) is 3. The molecule has 0 aliphatic carbocycles. The Balaban J connectivity index is 2.82. The minimum atomic E-state index is 0.374. The summed E-state index contributed by atoms with van der Waals surface area (Å²) in [7, 11) is 0. The SMILES string of the molecule is CC#CCOc1ccc(CN)cc1OCC. The van der Waals surface area contributed by atoms with Crippen LogP contribution in [0.1, 0.15) is 19.4 Å². The fourth-order valence-corrected chi connectivity index (χ4v) is 1.25. The predicted octanol–water partition coefficient (Wildman–Crippen LogP) is 1.95. The van der Waals surface area contributed by atoms with Gasteiger partial charge >= 0.3 is 0 Å². The Labute approximate surface area is 96.6 Å². The fourth-order valence-electron chi connectivity index (χ4n) is 1.25. The molecule has 0 bridgehead atoms. The van der Waals surface area contributed by atoms with Crippen molar-refractivity contribution in [2.75, 3.05) is 13.2 Å². The molecule has 0 radical (unpaired) electrons. The van der Waals surface area contributed by atoms with Crippen molar-refractivity contribution < 1.29 is 9.47 Å². The summed E-state index contributed by atoms with van der Waals surface area (Å²) in [6.45, 7) is 5.19. The minimum absolute atomic E-state index is 0.374. The standard InChI is InChI=1S/C13H17NO2/c1-3-5-8-16-12-7-6-11(10-14)9-13(12)15-4-2/h6-7,9H,4,8,10,14H2,1-2H3. The number of benzene rings is 1. The number of nitrogens with two attached hydrogens (primary N) is 1. The summed E-state index contributed by atoms with van der Waals surface area (Å²) in [6, 6.07) is 5.69. The first-order chi connectivity index (χ1) is 7.81. The summed E-state index contributed by atoms with van der Waals surface area (Å²) in [4.78, 5) is 0. The summed E-state index contributed by atoms with van der Waals surface area (Å²) in [5.74, 6) is 7.05. The van der Waals surface area contributed by atoms with Crippen molar-refractivity contribution in [3.8, 4) is 23.3 Å². The number of rotatable bonds is 5. The van der Waals surface area contributed by atoms with E-state index in [0.29, 0.717) is 25.5 Å². The summed E-state index contributed by atoms with van der Waals surface area (Å²) in [5.41, 5.74) is 6.59. The monoisotopic (exact) mass is 219 g/mol. The topological polar surface area (TPSA) is 44.5 Å². The highest BCUT2D eigenvalue weighted by molar-refractivity contribution is 5.43. The van der Waals surface area contributed by atoms with Crippen molar-refractivity contribution >= 4 is 0 Å². The van der Waals surface area contributed by atoms with Crippen molar-refractivity contribution in [1.29, 1.82) is 0 Å². The zero-order valence-corrected chi connectivity index (χ0v) is 9.75. The van der Waals surface area contributed by atoms with Crippen LogP contribution in [0.2, 0.25) is 0 Å². The molecule has 0 aliphatic rings. The number of ether oxygens (including phenoxy) is 2. The largest absolute Gasteiger partial charge is 0.490 e. The molecule has 86 valence electrons. The summed E-state index contributed by atoms with van der Waals surface area (Å²) in [5, 5.41) is 0. The highest BCUT2D eigenvalue weighted by Gasteiger charge is 2.05. The van der Waals surface area contributed by atoms with Crippen molar-refractivity contribution in [3.05, 3.63) is 23.8 Å². The highest BCUT2D eigenvalue weighted by Crippen LogP contribution is 2.28. The molecule has 0 fully saturated rings. The molecule has 0 aliphatic heterocycles. The lowest BCUT2D eigenvalue weighted by Gasteiger charge is -2.11. The van der Waals surface area contributed by atoms with Gasteiger partial charge in [-0.1, -0.05) is 12.0 Å². The van der Waals surface area contributed by atoms with Crippen molar-refractivity contribution in [2.45, 2.75) is 20.4 Å². The average molecular weight is 219 g/mol. The van der Waals surface area contributed by atoms with E-state index in [4.69, 9.17) is 15.2 Å². The van der Waals surface area contributed by atoms with Gasteiger partial charge in [0.25, 0.3) is 0 Å². The lowest BCUT2D eigenvalue weighted by molar-refractivity contribution is 0.299. The van der Waals surface area contributed by atoms with E-state index in [0.717, 1.165) is 11.3 Å². The third-order valence-corrected chi connectivity index (χ3v) is 2.02. The normalized spacial score (nSPS) is 9.19. The summed E-state index contributed by atoms with van der Waals surface area (Å²) in [6.07, 6.45) is 0. The second-order valence-corrected chi connectivity index (χ2v) is 3.13. The molecule has 0 atom stereocenters. The third kappa shape index (κ3) is 3.48. The van der Waals surface area contributed by atoms with Crippen LogP contribution in [0.15, 0.2) is 18.2 Å². The van der Waals surface area contributed by atoms with Crippen molar-refractivity contribution in [1.82, 2.24) is 0 Å². The maximum absolute atomic E-state index is 5.57. The molecule has 0 heterocycles. The quantitative estimate of drug-likeness (QED) is 0.770. The second-order valence-electron chi connectivity index (χ2n) is 3.13. The molecule has 0 unspecified atom stereocenters. The lowest BCUT2D eigenvalue weighted by atomic mass is 10.2. The molecule has 1 aromatic rings. The van der Waals surface area contributed by atoms with E-state index in [1.807, 2.05) is 25.1 Å². The van der Waals surface area contributed by atoms with Gasteiger partial charge in [-0.15, -0.1) is 5.92 Å². The van der Waals surface area contributed by atoms with Gasteiger partial charge in [-0.2, -0.15) is 0 Å². The van der Waals surface area contributed by atoms with E-state index in [-0.39, 0.29) is 0 Å². The molecule has 1 aromatic carbocycles. The van der Waals surface area contributed by atoms with E-state index in [2.05, 4.69) is 11.8 Å². The Morgan fingerprint density at radius 3 is 2.69 bits per heavy atom. The van der Waals surface area contributed by atoms with Crippen LogP contribution in [0.25, 0.3) is 0 Å². The first-order valence-corrected chi connectivity index (χ1v) is 5.30. The van der Waals surface area contributed by atoms with E-state index in [1.165, 1.54) is 0 Å². The molecule has 0 amide bonds.